The molecule has 7 nitrogen and oxygen atoms in total. The molecule has 3 aromatic heterocycles. The zero-order valence-corrected chi connectivity index (χ0v) is 16.0. The lowest BCUT2D eigenvalue weighted by Gasteiger charge is -2.33. The number of hydrogen-bond acceptors (Lipinski definition) is 5. The van der Waals surface area contributed by atoms with E-state index < -0.39 is 5.82 Å². The number of aromatic nitrogens is 3. The molecule has 0 spiro atoms. The zero-order chi connectivity index (χ0) is 20.4. The highest BCUT2D eigenvalue weighted by Gasteiger charge is 2.28. The van der Waals surface area contributed by atoms with Crippen molar-refractivity contribution in [1.29, 1.82) is 5.26 Å². The minimum atomic E-state index is -0.570. The molecule has 1 saturated carbocycles. The number of anilines is 1. The van der Waals surface area contributed by atoms with Gasteiger partial charge in [-0.3, -0.25) is 4.79 Å². The van der Waals surface area contributed by atoms with Gasteiger partial charge in [0.15, 0.2) is 11.6 Å². The summed E-state index contributed by atoms with van der Waals surface area (Å²) in [6, 6.07) is 6.27. The first-order valence-corrected chi connectivity index (χ1v) is 9.62. The third kappa shape index (κ3) is 4.04. The normalized spacial score (nSPS) is 18.9. The van der Waals surface area contributed by atoms with Crippen LogP contribution in [0.1, 0.15) is 47.3 Å². The van der Waals surface area contributed by atoms with Crippen molar-refractivity contribution in [3.05, 3.63) is 59.4 Å². The van der Waals surface area contributed by atoms with Gasteiger partial charge in [-0.05, 0) is 38.0 Å². The molecule has 148 valence electrons. The summed E-state index contributed by atoms with van der Waals surface area (Å²) in [6.45, 7) is 1.90. The number of rotatable bonds is 4. The summed E-state index contributed by atoms with van der Waals surface area (Å²) in [4.78, 5) is 21.2. The number of hydrogen-bond donors (Lipinski definition) is 2. The quantitative estimate of drug-likeness (QED) is 0.711. The van der Waals surface area contributed by atoms with E-state index in [1.54, 1.807) is 12.1 Å². The van der Waals surface area contributed by atoms with Crippen molar-refractivity contribution in [2.75, 3.05) is 5.32 Å². The van der Waals surface area contributed by atoms with Crippen molar-refractivity contribution in [2.24, 2.45) is 0 Å². The highest BCUT2D eigenvalue weighted by Crippen LogP contribution is 2.23. The highest BCUT2D eigenvalue weighted by atomic mass is 19.1. The molecular weight excluding hydrogens is 371 g/mol. The van der Waals surface area contributed by atoms with E-state index >= 15 is 0 Å². The Kier molecular flexibility index (Phi) is 5.12. The second-order valence-electron chi connectivity index (χ2n) is 7.34. The lowest BCUT2D eigenvalue weighted by atomic mass is 9.90. The van der Waals surface area contributed by atoms with Gasteiger partial charge in [0, 0.05) is 36.2 Å². The van der Waals surface area contributed by atoms with Crippen LogP contribution in [0.3, 0.4) is 0 Å². The second-order valence-corrected chi connectivity index (χ2v) is 7.34. The molecule has 1 aliphatic rings. The fraction of sp³-hybridized carbons (Fsp3) is 0.333. The Labute approximate surface area is 167 Å². The van der Waals surface area contributed by atoms with Crippen molar-refractivity contribution >= 4 is 17.4 Å². The first-order valence-electron chi connectivity index (χ1n) is 9.62. The van der Waals surface area contributed by atoms with Gasteiger partial charge in [-0.1, -0.05) is 12.8 Å². The molecule has 1 amide bonds. The summed E-state index contributed by atoms with van der Waals surface area (Å²) in [6.07, 6.45) is 8.63. The maximum absolute atomic E-state index is 14.2. The summed E-state index contributed by atoms with van der Waals surface area (Å²) < 4.78 is 16.1. The number of amides is 1. The van der Waals surface area contributed by atoms with E-state index in [0.29, 0.717) is 5.56 Å². The summed E-state index contributed by atoms with van der Waals surface area (Å²) in [5, 5.41) is 15.1. The average Bonchev–Trinajstić information content (AvgIpc) is 3.10. The Hall–Kier alpha value is -3.47. The number of carbonyl (C=O) groups excluding carboxylic acids is 1. The maximum atomic E-state index is 14.2. The number of nitrogens with zero attached hydrogens (tertiary/aromatic N) is 4. The molecule has 3 aromatic rings. The summed E-state index contributed by atoms with van der Waals surface area (Å²) in [5.74, 6) is -0.649. The van der Waals surface area contributed by atoms with Crippen LogP contribution in [0, 0.1) is 24.1 Å². The van der Waals surface area contributed by atoms with Gasteiger partial charge in [0.2, 0.25) is 0 Å². The van der Waals surface area contributed by atoms with E-state index in [4.69, 9.17) is 5.26 Å². The van der Waals surface area contributed by atoms with Crippen LogP contribution in [0.2, 0.25) is 0 Å². The molecule has 0 aromatic carbocycles. The van der Waals surface area contributed by atoms with Gasteiger partial charge in [-0.2, -0.15) is 5.26 Å². The van der Waals surface area contributed by atoms with Crippen molar-refractivity contribution in [2.45, 2.75) is 44.7 Å². The topological polar surface area (TPSA) is 95.1 Å². The van der Waals surface area contributed by atoms with Crippen LogP contribution in [-0.2, 0) is 0 Å². The van der Waals surface area contributed by atoms with Crippen LogP contribution < -0.4 is 10.6 Å². The Balaban J connectivity index is 1.49. The van der Waals surface area contributed by atoms with Crippen LogP contribution in [0.15, 0.2) is 36.8 Å². The molecule has 3 heterocycles. The van der Waals surface area contributed by atoms with Gasteiger partial charge in [-0.15, -0.1) is 0 Å². The molecule has 0 radical (unpaired) electrons. The van der Waals surface area contributed by atoms with Gasteiger partial charge in [0.05, 0.1) is 11.3 Å². The number of nitriles is 1. The predicted octanol–water partition coefficient (Wildman–Crippen LogP) is 3.20. The number of fused-ring (bicyclic) bond motifs is 1. The van der Waals surface area contributed by atoms with Crippen molar-refractivity contribution in [3.63, 3.8) is 0 Å². The minimum Gasteiger partial charge on any atom is -0.363 e. The van der Waals surface area contributed by atoms with E-state index in [1.165, 1.54) is 6.20 Å². The predicted molar refractivity (Wildman–Crippen MR) is 106 cm³/mol. The van der Waals surface area contributed by atoms with Crippen LogP contribution >= 0.6 is 0 Å². The molecule has 8 heteroatoms. The number of pyridine rings is 2. The summed E-state index contributed by atoms with van der Waals surface area (Å²) >= 11 is 0. The Bertz CT molecular complexity index is 1100. The van der Waals surface area contributed by atoms with E-state index in [9.17, 15) is 9.18 Å². The fourth-order valence-electron chi connectivity index (χ4n) is 3.76. The zero-order valence-electron chi connectivity index (χ0n) is 16.0. The van der Waals surface area contributed by atoms with E-state index in [1.807, 2.05) is 29.8 Å². The number of aryl methyl sites for hydroxylation is 1. The molecule has 1 fully saturated rings. The molecule has 1 aliphatic carbocycles. The number of nitrogens with one attached hydrogen (secondary N) is 2. The average molecular weight is 392 g/mol. The third-order valence-electron chi connectivity index (χ3n) is 5.22. The smallest absolute Gasteiger partial charge is 0.251 e. The number of carbonyl (C=O) groups is 1. The van der Waals surface area contributed by atoms with Gasteiger partial charge in [0.1, 0.15) is 11.7 Å². The van der Waals surface area contributed by atoms with Crippen LogP contribution in [0.5, 0.6) is 0 Å². The Morgan fingerprint density at radius 1 is 1.31 bits per heavy atom. The first-order chi connectivity index (χ1) is 14.0. The van der Waals surface area contributed by atoms with Crippen LogP contribution in [0.4, 0.5) is 10.2 Å². The first kappa shape index (κ1) is 18.9. The third-order valence-corrected chi connectivity index (χ3v) is 5.22. The maximum Gasteiger partial charge on any atom is 0.251 e. The SMILES string of the molecule is Cc1cn2ccc(C(=O)N[C@@H]3CCCC[C@H]3Nc3ncc(C#N)cc3F)cc2n1. The molecule has 29 heavy (non-hydrogen) atoms. The van der Waals surface area contributed by atoms with Crippen molar-refractivity contribution in [1.82, 2.24) is 19.7 Å². The van der Waals surface area contributed by atoms with E-state index in [2.05, 4.69) is 20.6 Å². The molecule has 2 N–H and O–H groups in total. The van der Waals surface area contributed by atoms with Gasteiger partial charge in [-0.25, -0.2) is 14.4 Å². The summed E-state index contributed by atoms with van der Waals surface area (Å²) in [7, 11) is 0. The lowest BCUT2D eigenvalue weighted by molar-refractivity contribution is 0.0923. The Morgan fingerprint density at radius 3 is 2.86 bits per heavy atom. The van der Waals surface area contributed by atoms with E-state index in [0.717, 1.165) is 43.1 Å². The lowest BCUT2D eigenvalue weighted by Crippen LogP contribution is -2.48. The highest BCUT2D eigenvalue weighted by molar-refractivity contribution is 5.95. The molecule has 0 unspecified atom stereocenters. The molecular formula is C21H21FN6O. The molecule has 0 saturated heterocycles. The molecule has 2 atom stereocenters. The minimum absolute atomic E-state index is 0.101. The summed E-state index contributed by atoms with van der Waals surface area (Å²) in [5.41, 5.74) is 2.31. The number of imidazole rings is 1. The monoisotopic (exact) mass is 392 g/mol. The van der Waals surface area contributed by atoms with E-state index in [-0.39, 0.29) is 29.4 Å². The standard InChI is InChI=1S/C21H21FN6O/c1-13-12-28-7-6-15(9-19(28)25-13)21(29)27-18-5-3-2-4-17(18)26-20-16(22)8-14(10-23)11-24-20/h6-9,11-12,17-18H,2-5H2,1H3,(H,24,26)(H,27,29)/t17-,18-/m1/s1. The molecule has 4 rings (SSSR count). The number of halogens is 1. The largest absolute Gasteiger partial charge is 0.363 e. The van der Waals surface area contributed by atoms with Gasteiger partial charge < -0.3 is 15.0 Å². The fourth-order valence-corrected chi connectivity index (χ4v) is 3.76. The van der Waals surface area contributed by atoms with Crippen LogP contribution in [-0.4, -0.2) is 32.4 Å². The van der Waals surface area contributed by atoms with Crippen molar-refractivity contribution < 1.29 is 9.18 Å². The van der Waals surface area contributed by atoms with Gasteiger partial charge in [0.25, 0.3) is 5.91 Å². The molecule has 0 bridgehead atoms. The molecule has 0 aliphatic heterocycles. The van der Waals surface area contributed by atoms with Gasteiger partial charge >= 0.3 is 0 Å². The second kappa shape index (κ2) is 7.87. The van der Waals surface area contributed by atoms with Crippen molar-refractivity contribution in [3.8, 4) is 6.07 Å². The Morgan fingerprint density at radius 2 is 2.10 bits per heavy atom. The van der Waals surface area contributed by atoms with Crippen LogP contribution in [0.25, 0.3) is 5.65 Å².